The average Bonchev–Trinajstić information content (AvgIpc) is 3.09. The third-order valence-electron chi connectivity index (χ3n) is 3.59. The summed E-state index contributed by atoms with van der Waals surface area (Å²) < 4.78 is 0. The molecule has 3 rings (SSSR count). The number of hydrogen-bond acceptors (Lipinski definition) is 3. The van der Waals surface area contributed by atoms with Gasteiger partial charge in [0.2, 0.25) is 0 Å². The van der Waals surface area contributed by atoms with Crippen LogP contribution in [0.1, 0.15) is 37.4 Å². The number of nitrogens with one attached hydrogen (secondary N) is 1. The Morgan fingerprint density at radius 1 is 1.22 bits per heavy atom. The van der Waals surface area contributed by atoms with E-state index in [0.29, 0.717) is 5.92 Å². The van der Waals surface area contributed by atoms with Crippen LogP contribution >= 0.6 is 11.8 Å². The Balaban J connectivity index is 1.92. The minimum Gasteiger partial charge on any atom is -0.262 e. The second-order valence-corrected chi connectivity index (χ2v) is 5.57. The molecule has 18 heavy (non-hydrogen) atoms. The average molecular weight is 259 g/mol. The van der Waals surface area contributed by atoms with Gasteiger partial charge in [-0.15, -0.1) is 11.8 Å². The minimum atomic E-state index is 0.590. The number of benzene rings is 1. The van der Waals surface area contributed by atoms with Gasteiger partial charge >= 0.3 is 0 Å². The van der Waals surface area contributed by atoms with Crippen molar-refractivity contribution in [2.45, 2.75) is 36.5 Å². The smallest absolute Gasteiger partial charge is 0.182 e. The normalized spacial score (nSPS) is 16.3. The molecule has 1 saturated carbocycles. The molecule has 1 aliphatic rings. The van der Waals surface area contributed by atoms with E-state index in [1.165, 1.54) is 30.6 Å². The summed E-state index contributed by atoms with van der Waals surface area (Å²) in [5.74, 6) is 2.49. The minimum absolute atomic E-state index is 0.590. The zero-order valence-corrected chi connectivity index (χ0v) is 11.3. The molecule has 0 atom stereocenters. The van der Waals surface area contributed by atoms with Gasteiger partial charge in [0.15, 0.2) is 5.82 Å². The van der Waals surface area contributed by atoms with Gasteiger partial charge in [0.05, 0.1) is 0 Å². The molecule has 94 valence electrons. The van der Waals surface area contributed by atoms with Gasteiger partial charge in [0, 0.05) is 16.4 Å². The van der Waals surface area contributed by atoms with Gasteiger partial charge in [-0.3, -0.25) is 5.10 Å². The Kier molecular flexibility index (Phi) is 3.37. The molecule has 1 aromatic carbocycles. The van der Waals surface area contributed by atoms with E-state index in [4.69, 9.17) is 4.98 Å². The maximum absolute atomic E-state index is 4.69. The highest BCUT2D eigenvalue weighted by Gasteiger charge is 2.21. The van der Waals surface area contributed by atoms with Crippen LogP contribution in [0.15, 0.2) is 29.2 Å². The van der Waals surface area contributed by atoms with Crippen LogP contribution < -0.4 is 0 Å². The summed E-state index contributed by atoms with van der Waals surface area (Å²) in [6, 6.07) is 8.31. The molecule has 0 spiro atoms. The predicted octanol–water partition coefficient (Wildman–Crippen LogP) is 3.85. The lowest BCUT2D eigenvalue weighted by molar-refractivity contribution is 0.672. The van der Waals surface area contributed by atoms with Crippen LogP contribution in [0.4, 0.5) is 0 Å². The fourth-order valence-corrected chi connectivity index (χ4v) is 3.20. The van der Waals surface area contributed by atoms with E-state index in [1.807, 2.05) is 6.07 Å². The van der Waals surface area contributed by atoms with Gasteiger partial charge in [0.1, 0.15) is 5.82 Å². The number of H-pyrrole nitrogens is 1. The highest BCUT2D eigenvalue weighted by Crippen LogP contribution is 2.34. The standard InChI is InChI=1S/C14H17N3S/c1-18-12-9-5-4-8-11(12)14-15-13(16-17-14)10-6-2-3-7-10/h4-5,8-10H,2-3,6-7H2,1H3,(H,15,16,17). The zero-order valence-electron chi connectivity index (χ0n) is 10.5. The molecule has 1 fully saturated rings. The Morgan fingerprint density at radius 3 is 2.78 bits per heavy atom. The first-order chi connectivity index (χ1) is 8.88. The molecule has 1 aliphatic carbocycles. The number of rotatable bonds is 3. The van der Waals surface area contributed by atoms with Gasteiger partial charge < -0.3 is 0 Å². The van der Waals surface area contributed by atoms with Crippen LogP contribution in [-0.4, -0.2) is 21.4 Å². The number of thioether (sulfide) groups is 1. The van der Waals surface area contributed by atoms with E-state index in [-0.39, 0.29) is 0 Å². The van der Waals surface area contributed by atoms with Crippen molar-refractivity contribution in [3.05, 3.63) is 30.1 Å². The second kappa shape index (κ2) is 5.14. The van der Waals surface area contributed by atoms with Crippen LogP contribution in [0.3, 0.4) is 0 Å². The van der Waals surface area contributed by atoms with Crippen molar-refractivity contribution in [2.75, 3.05) is 6.26 Å². The maximum atomic E-state index is 4.69. The Bertz CT molecular complexity index is 529. The predicted molar refractivity (Wildman–Crippen MR) is 74.8 cm³/mol. The quantitative estimate of drug-likeness (QED) is 0.851. The molecule has 0 radical (unpaired) electrons. The van der Waals surface area contributed by atoms with Gasteiger partial charge in [-0.2, -0.15) is 5.10 Å². The number of aromatic amines is 1. The number of hydrogen-bond donors (Lipinski definition) is 1. The summed E-state index contributed by atoms with van der Waals surface area (Å²) in [4.78, 5) is 5.92. The van der Waals surface area contributed by atoms with E-state index >= 15 is 0 Å². The molecule has 0 saturated heterocycles. The molecule has 2 aromatic rings. The van der Waals surface area contributed by atoms with E-state index < -0.39 is 0 Å². The maximum Gasteiger partial charge on any atom is 0.182 e. The molecular weight excluding hydrogens is 242 g/mol. The lowest BCUT2D eigenvalue weighted by atomic mass is 10.1. The molecule has 1 aromatic heterocycles. The Labute approximate surface area is 111 Å². The summed E-state index contributed by atoms with van der Waals surface area (Å²) in [7, 11) is 0. The van der Waals surface area contributed by atoms with Gasteiger partial charge in [0.25, 0.3) is 0 Å². The molecular formula is C14H17N3S. The van der Waals surface area contributed by atoms with Crippen LogP contribution in [-0.2, 0) is 0 Å². The summed E-state index contributed by atoms with van der Waals surface area (Å²) >= 11 is 1.74. The molecule has 0 amide bonds. The van der Waals surface area contributed by atoms with Crippen molar-refractivity contribution >= 4 is 11.8 Å². The third-order valence-corrected chi connectivity index (χ3v) is 4.39. The first-order valence-corrected chi connectivity index (χ1v) is 7.66. The summed E-state index contributed by atoms with van der Waals surface area (Å²) in [6.45, 7) is 0. The van der Waals surface area contributed by atoms with Crippen molar-refractivity contribution in [2.24, 2.45) is 0 Å². The van der Waals surface area contributed by atoms with Crippen molar-refractivity contribution in [1.82, 2.24) is 15.2 Å². The zero-order chi connectivity index (χ0) is 12.4. The van der Waals surface area contributed by atoms with Crippen LogP contribution in [0.2, 0.25) is 0 Å². The summed E-state index contributed by atoms with van der Waals surface area (Å²) in [6.07, 6.45) is 7.23. The lowest BCUT2D eigenvalue weighted by Crippen LogP contribution is -1.94. The third kappa shape index (κ3) is 2.17. The highest BCUT2D eigenvalue weighted by molar-refractivity contribution is 7.98. The van der Waals surface area contributed by atoms with Crippen molar-refractivity contribution < 1.29 is 0 Å². The van der Waals surface area contributed by atoms with E-state index in [0.717, 1.165) is 17.2 Å². The molecule has 1 N–H and O–H groups in total. The first kappa shape index (κ1) is 11.8. The number of aromatic nitrogens is 3. The largest absolute Gasteiger partial charge is 0.262 e. The van der Waals surface area contributed by atoms with Crippen LogP contribution in [0.5, 0.6) is 0 Å². The monoisotopic (exact) mass is 259 g/mol. The fourth-order valence-electron chi connectivity index (χ4n) is 2.61. The SMILES string of the molecule is CSc1ccccc1-c1n[nH]c(C2CCCC2)n1. The van der Waals surface area contributed by atoms with Crippen molar-refractivity contribution in [3.8, 4) is 11.4 Å². The molecule has 4 heteroatoms. The second-order valence-electron chi connectivity index (χ2n) is 4.73. The van der Waals surface area contributed by atoms with Crippen molar-refractivity contribution in [3.63, 3.8) is 0 Å². The summed E-state index contributed by atoms with van der Waals surface area (Å²) in [5.41, 5.74) is 1.13. The molecule has 1 heterocycles. The van der Waals surface area contributed by atoms with E-state index in [1.54, 1.807) is 11.8 Å². The Hall–Kier alpha value is -1.29. The first-order valence-electron chi connectivity index (χ1n) is 6.44. The number of nitrogens with zero attached hydrogens (tertiary/aromatic N) is 2. The van der Waals surface area contributed by atoms with E-state index in [2.05, 4.69) is 34.7 Å². The van der Waals surface area contributed by atoms with E-state index in [9.17, 15) is 0 Å². The Morgan fingerprint density at radius 2 is 2.00 bits per heavy atom. The van der Waals surface area contributed by atoms with Gasteiger partial charge in [-0.25, -0.2) is 4.98 Å². The summed E-state index contributed by atoms with van der Waals surface area (Å²) in [5, 5.41) is 7.52. The topological polar surface area (TPSA) is 41.6 Å². The highest BCUT2D eigenvalue weighted by atomic mass is 32.2. The van der Waals surface area contributed by atoms with Crippen LogP contribution in [0, 0.1) is 0 Å². The molecule has 0 unspecified atom stereocenters. The molecule has 0 aliphatic heterocycles. The van der Waals surface area contributed by atoms with Gasteiger partial charge in [-0.05, 0) is 31.2 Å². The van der Waals surface area contributed by atoms with Crippen LogP contribution in [0.25, 0.3) is 11.4 Å². The van der Waals surface area contributed by atoms with Gasteiger partial charge in [-0.1, -0.05) is 25.0 Å². The lowest BCUT2D eigenvalue weighted by Gasteiger charge is -2.03. The molecule has 3 nitrogen and oxygen atoms in total. The molecule has 0 bridgehead atoms. The fraction of sp³-hybridized carbons (Fsp3) is 0.429. The van der Waals surface area contributed by atoms with Crippen molar-refractivity contribution in [1.29, 1.82) is 0 Å².